The molecule has 0 atom stereocenters. The zero-order valence-electron chi connectivity index (χ0n) is 33.2. The van der Waals surface area contributed by atoms with E-state index >= 15 is 0 Å². The zero-order chi connectivity index (χ0) is 38.2. The molecule has 0 saturated heterocycles. The largest absolute Gasteiger partial charge is 0.352 e. The molecule has 0 aliphatic carbocycles. The van der Waals surface area contributed by atoms with Crippen LogP contribution in [0.3, 0.4) is 0 Å². The molecule has 0 amide bonds. The lowest BCUT2D eigenvalue weighted by atomic mass is 9.83. The molecule has 9 rings (SSSR count). The lowest BCUT2D eigenvalue weighted by molar-refractivity contribution is 0.590. The highest BCUT2D eigenvalue weighted by atomic mass is 15.0. The first-order valence-electron chi connectivity index (χ1n) is 19.6. The lowest BCUT2D eigenvalue weighted by Crippen LogP contribution is -2.11. The van der Waals surface area contributed by atoms with Gasteiger partial charge in [0.1, 0.15) is 0 Å². The van der Waals surface area contributed by atoms with Crippen LogP contribution in [0.2, 0.25) is 0 Å². The van der Waals surface area contributed by atoms with E-state index in [0.29, 0.717) is 0 Å². The van der Waals surface area contributed by atoms with Crippen molar-refractivity contribution in [2.75, 3.05) is 0 Å². The van der Waals surface area contributed by atoms with E-state index < -0.39 is 0 Å². The molecule has 3 nitrogen and oxygen atoms in total. The Morgan fingerprint density at radius 3 is 1.24 bits per heavy atom. The first-order valence-corrected chi connectivity index (χ1v) is 19.6. The van der Waals surface area contributed by atoms with Gasteiger partial charge in [-0.1, -0.05) is 102 Å². The molecule has 9 aromatic rings. The van der Waals surface area contributed by atoms with Crippen molar-refractivity contribution in [2.24, 2.45) is 0 Å². The summed E-state index contributed by atoms with van der Waals surface area (Å²) < 4.78 is 4.77. The van der Waals surface area contributed by atoms with Gasteiger partial charge in [-0.15, -0.1) is 0 Å². The number of hydrogen-bond donors (Lipinski definition) is 1. The molecule has 0 aliphatic heterocycles. The van der Waals surface area contributed by atoms with Crippen LogP contribution in [0.25, 0.3) is 65.4 Å². The second-order valence-corrected chi connectivity index (χ2v) is 17.0. The maximum atomic E-state index is 3.86. The van der Waals surface area contributed by atoms with Crippen LogP contribution in [0.15, 0.2) is 109 Å². The number of nitrogens with one attached hydrogen (secondary N) is 1. The molecule has 3 heterocycles. The second kappa shape index (κ2) is 12.7. The number of H-pyrrole nitrogens is 1. The molecule has 0 unspecified atom stereocenters. The molecule has 3 heteroatoms. The number of aromatic nitrogens is 3. The Hall–Kier alpha value is -6.16. The van der Waals surface area contributed by atoms with E-state index in [9.17, 15) is 0 Å². The van der Waals surface area contributed by atoms with Crippen LogP contribution in [0.4, 0.5) is 0 Å². The number of benzene rings is 6. The Labute approximate surface area is 324 Å². The SMILES string of the molecule is CCn1c2ccccc2c2cc(C#Cc3cc(C(C)(C)C)cc4c3[nH]c3c(C#Cc5ccc6c(c5)c5ccccc5n6CC)cc(C(C)(C)C)cc34)ccc21. The molecule has 270 valence electrons. The van der Waals surface area contributed by atoms with E-state index in [0.717, 1.165) is 46.4 Å². The number of rotatable bonds is 2. The normalized spacial score (nSPS) is 12.2. The summed E-state index contributed by atoms with van der Waals surface area (Å²) in [4.78, 5) is 3.86. The minimum atomic E-state index is -0.0566. The summed E-state index contributed by atoms with van der Waals surface area (Å²) in [7, 11) is 0. The molecule has 0 bridgehead atoms. The van der Waals surface area contributed by atoms with Crippen molar-refractivity contribution in [2.45, 2.75) is 79.3 Å². The molecule has 0 radical (unpaired) electrons. The topological polar surface area (TPSA) is 25.6 Å². The third-order valence-corrected chi connectivity index (χ3v) is 11.4. The van der Waals surface area contributed by atoms with Gasteiger partial charge in [0.15, 0.2) is 0 Å². The minimum Gasteiger partial charge on any atom is -0.352 e. The summed E-state index contributed by atoms with van der Waals surface area (Å²) in [6, 6.07) is 39.9. The Balaban J connectivity index is 1.23. The molecule has 6 aromatic carbocycles. The second-order valence-electron chi connectivity index (χ2n) is 17.0. The van der Waals surface area contributed by atoms with Crippen molar-refractivity contribution in [3.05, 3.63) is 143 Å². The summed E-state index contributed by atoms with van der Waals surface area (Å²) in [5.41, 5.74) is 13.6. The Bertz CT molecular complexity index is 2930. The molecule has 0 fully saturated rings. The zero-order valence-corrected chi connectivity index (χ0v) is 33.2. The van der Waals surface area contributed by atoms with Gasteiger partial charge >= 0.3 is 0 Å². The Morgan fingerprint density at radius 1 is 0.436 bits per heavy atom. The fourth-order valence-corrected chi connectivity index (χ4v) is 8.39. The summed E-state index contributed by atoms with van der Waals surface area (Å²) in [5.74, 6) is 14.5. The predicted molar refractivity (Wildman–Crippen MR) is 235 cm³/mol. The van der Waals surface area contributed by atoms with Gasteiger partial charge in [-0.05, 0) is 109 Å². The third kappa shape index (κ3) is 5.78. The minimum absolute atomic E-state index is 0.0566. The Morgan fingerprint density at radius 2 is 0.836 bits per heavy atom. The van der Waals surface area contributed by atoms with Gasteiger partial charge in [-0.3, -0.25) is 0 Å². The van der Waals surface area contributed by atoms with Crippen molar-refractivity contribution >= 4 is 65.4 Å². The monoisotopic (exact) mass is 713 g/mol. The number of aromatic amines is 1. The maximum Gasteiger partial charge on any atom is 0.0624 e. The van der Waals surface area contributed by atoms with E-state index in [1.807, 2.05) is 0 Å². The van der Waals surface area contributed by atoms with E-state index in [2.05, 4.69) is 202 Å². The summed E-state index contributed by atoms with van der Waals surface area (Å²) in [5, 5.41) is 7.42. The number of hydrogen-bond acceptors (Lipinski definition) is 0. The van der Waals surface area contributed by atoms with Crippen molar-refractivity contribution < 1.29 is 0 Å². The quantitative estimate of drug-likeness (QED) is 0.173. The average Bonchev–Trinajstić information content (AvgIpc) is 3.82. The van der Waals surface area contributed by atoms with Crippen molar-refractivity contribution in [3.63, 3.8) is 0 Å². The fraction of sp³-hybridized carbons (Fsp3) is 0.231. The van der Waals surface area contributed by atoms with Gasteiger partial charge in [0.05, 0.1) is 11.0 Å². The third-order valence-electron chi connectivity index (χ3n) is 11.4. The fourth-order valence-electron chi connectivity index (χ4n) is 8.39. The molecule has 0 saturated carbocycles. The molecule has 55 heavy (non-hydrogen) atoms. The van der Waals surface area contributed by atoms with Crippen LogP contribution in [0.1, 0.15) is 88.8 Å². The van der Waals surface area contributed by atoms with Crippen molar-refractivity contribution in [1.82, 2.24) is 14.1 Å². The summed E-state index contributed by atoms with van der Waals surface area (Å²) in [6.07, 6.45) is 0. The van der Waals surface area contributed by atoms with Crippen molar-refractivity contribution in [3.8, 4) is 23.7 Å². The van der Waals surface area contributed by atoms with E-state index in [1.54, 1.807) is 0 Å². The standard InChI is InChI=1S/C52H47N3/c1-9-54-45-17-13-11-15-39(45)41-27-33(21-25-47(41)54)19-23-35-29-37(51(3,4)5)31-43-44-32-38(52(6,7)8)30-36(50(44)53-49(35)43)24-20-34-22-26-48-42(28-34)40-16-12-14-18-46(40)55(48)10-2/h11-18,21-22,25-32,53H,9-10H2,1-8H3. The Kier molecular flexibility index (Phi) is 8.00. The van der Waals surface area contributed by atoms with Crippen LogP contribution in [0.5, 0.6) is 0 Å². The summed E-state index contributed by atoms with van der Waals surface area (Å²) >= 11 is 0. The van der Waals surface area contributed by atoms with Crippen LogP contribution < -0.4 is 0 Å². The van der Waals surface area contributed by atoms with Gasteiger partial charge < -0.3 is 14.1 Å². The summed E-state index contributed by atoms with van der Waals surface area (Å²) in [6.45, 7) is 20.0. The molecular weight excluding hydrogens is 667 g/mol. The lowest BCUT2D eigenvalue weighted by Gasteiger charge is -2.20. The molecule has 3 aromatic heterocycles. The van der Waals surface area contributed by atoms with Crippen LogP contribution in [0, 0.1) is 23.7 Å². The highest BCUT2D eigenvalue weighted by molar-refractivity contribution is 6.12. The molecule has 1 N–H and O–H groups in total. The van der Waals surface area contributed by atoms with E-state index in [-0.39, 0.29) is 10.8 Å². The predicted octanol–water partition coefficient (Wildman–Crippen LogP) is 13.0. The van der Waals surface area contributed by atoms with Gasteiger partial charge in [0.2, 0.25) is 0 Å². The first-order chi connectivity index (χ1) is 26.4. The van der Waals surface area contributed by atoms with Crippen molar-refractivity contribution in [1.29, 1.82) is 0 Å². The van der Waals surface area contributed by atoms with Crippen LogP contribution in [-0.2, 0) is 23.9 Å². The first kappa shape index (κ1) is 34.6. The smallest absolute Gasteiger partial charge is 0.0624 e. The number of para-hydroxylation sites is 2. The number of nitrogens with zero attached hydrogens (tertiary/aromatic N) is 2. The van der Waals surface area contributed by atoms with Gasteiger partial charge in [-0.2, -0.15) is 0 Å². The van der Waals surface area contributed by atoms with Crippen LogP contribution in [-0.4, -0.2) is 14.1 Å². The highest BCUT2D eigenvalue weighted by Gasteiger charge is 2.22. The average molecular weight is 714 g/mol. The number of aryl methyl sites for hydroxylation is 2. The molecule has 0 spiro atoms. The van der Waals surface area contributed by atoms with Crippen LogP contribution >= 0.6 is 0 Å². The van der Waals surface area contributed by atoms with Gasteiger partial charge in [0.25, 0.3) is 0 Å². The van der Waals surface area contributed by atoms with Gasteiger partial charge in [0, 0.05) is 89.7 Å². The highest BCUT2D eigenvalue weighted by Crippen LogP contribution is 2.38. The molecular formula is C52H47N3. The van der Waals surface area contributed by atoms with E-state index in [4.69, 9.17) is 0 Å². The van der Waals surface area contributed by atoms with E-state index in [1.165, 1.54) is 65.5 Å². The number of fused-ring (bicyclic) bond motifs is 9. The molecule has 0 aliphatic rings. The van der Waals surface area contributed by atoms with Gasteiger partial charge in [-0.25, -0.2) is 0 Å². The maximum absolute atomic E-state index is 3.86.